The van der Waals surface area contributed by atoms with Crippen molar-refractivity contribution in [1.82, 2.24) is 35.5 Å². The molecular weight excluding hydrogens is 937 g/mol. The number of rotatable bonds is 20. The van der Waals surface area contributed by atoms with Crippen LogP contribution in [0.3, 0.4) is 0 Å². The van der Waals surface area contributed by atoms with E-state index in [1.165, 1.54) is 6.07 Å². The summed E-state index contributed by atoms with van der Waals surface area (Å²) in [4.78, 5) is 73.6. The number of carboxylic acid groups (broad SMARTS) is 1. The molecule has 73 heavy (non-hydrogen) atoms. The topological polar surface area (TPSA) is 285 Å². The highest BCUT2D eigenvalue weighted by Crippen LogP contribution is 2.32. The van der Waals surface area contributed by atoms with E-state index in [0.29, 0.717) is 88.9 Å². The number of ether oxygens (including phenoxy) is 2. The van der Waals surface area contributed by atoms with Gasteiger partial charge in [0.1, 0.15) is 41.6 Å². The molecule has 20 nitrogen and oxygen atoms in total. The second-order valence-corrected chi connectivity index (χ2v) is 18.8. The van der Waals surface area contributed by atoms with E-state index in [4.69, 9.17) is 35.1 Å². The molecule has 5 aromatic carbocycles. The van der Waals surface area contributed by atoms with Gasteiger partial charge in [-0.2, -0.15) is 0 Å². The van der Waals surface area contributed by atoms with Crippen LogP contribution in [0.2, 0.25) is 0 Å². The first-order valence-electron chi connectivity index (χ1n) is 24.1. The fourth-order valence-corrected chi connectivity index (χ4v) is 9.12. The van der Waals surface area contributed by atoms with Crippen molar-refractivity contribution in [1.29, 1.82) is 0 Å². The van der Waals surface area contributed by atoms with E-state index >= 15 is 0 Å². The van der Waals surface area contributed by atoms with Gasteiger partial charge in [-0.25, -0.2) is 24.7 Å². The number of quaternary nitrogens is 1. The van der Waals surface area contributed by atoms with E-state index in [-0.39, 0.29) is 42.8 Å². The smallest absolute Gasteiger partial charge is 0.335 e. The van der Waals surface area contributed by atoms with Crippen LogP contribution in [0, 0.1) is 13.8 Å². The SMILES string of the molecule is Cc1cccc2nc3cccc(C(=O)NCCN(C)CCC[N+](C)(CCNC(=O)c4cccc5nc6cccc(C)c6nc45)Cc4ccc(O[C@@H]5O[C@H](C(=O)O)[C@@H](O)[C@H](O)[C@H]5O)c(NC(=O)CCN)c4)c3nc12. The second-order valence-electron chi connectivity index (χ2n) is 18.8. The summed E-state index contributed by atoms with van der Waals surface area (Å²) in [5.74, 6) is -2.56. The lowest BCUT2D eigenvalue weighted by molar-refractivity contribution is -0.921. The maximum Gasteiger partial charge on any atom is 0.335 e. The summed E-state index contributed by atoms with van der Waals surface area (Å²) in [5.41, 5.74) is 14.6. The largest absolute Gasteiger partial charge is 0.479 e. The first kappa shape index (κ1) is 52.0. The molecule has 0 bridgehead atoms. The Hall–Kier alpha value is -7.30. The van der Waals surface area contributed by atoms with Crippen LogP contribution < -0.4 is 26.4 Å². The lowest BCUT2D eigenvalue weighted by atomic mass is 9.99. The first-order chi connectivity index (χ1) is 35.0. The van der Waals surface area contributed by atoms with Crippen molar-refractivity contribution in [3.05, 3.63) is 119 Å². The van der Waals surface area contributed by atoms with E-state index in [2.05, 4.69) is 27.9 Å². The maximum atomic E-state index is 13.9. The predicted molar refractivity (Wildman–Crippen MR) is 274 cm³/mol. The van der Waals surface area contributed by atoms with Crippen LogP contribution in [0.1, 0.15) is 50.2 Å². The number of nitrogens with two attached hydrogens (primary N) is 1. The van der Waals surface area contributed by atoms with E-state index in [0.717, 1.165) is 33.2 Å². The van der Waals surface area contributed by atoms with Gasteiger partial charge >= 0.3 is 5.97 Å². The van der Waals surface area contributed by atoms with Gasteiger partial charge < -0.3 is 61.0 Å². The minimum Gasteiger partial charge on any atom is -0.479 e. The highest BCUT2D eigenvalue weighted by atomic mass is 16.7. The number of carboxylic acids is 1. The number of fused-ring (bicyclic) bond motifs is 4. The number of aliphatic hydroxyl groups excluding tert-OH is 3. The molecule has 3 heterocycles. The molecular formula is C53H61N10O10+. The zero-order chi connectivity index (χ0) is 52.0. The normalized spacial score (nSPS) is 18.7. The van der Waals surface area contributed by atoms with E-state index in [9.17, 15) is 39.6 Å². The molecule has 1 aliphatic rings. The van der Waals surface area contributed by atoms with E-state index in [1.54, 1.807) is 36.4 Å². The molecule has 1 aliphatic heterocycles. The number of nitrogens with one attached hydrogen (secondary N) is 3. The Balaban J connectivity index is 0.976. The number of aryl methyl sites for hydroxylation is 2. The zero-order valence-electron chi connectivity index (χ0n) is 41.1. The quantitative estimate of drug-likeness (QED) is 0.0402. The van der Waals surface area contributed by atoms with Gasteiger partial charge in [-0.1, -0.05) is 36.4 Å². The number of hydrogen-bond donors (Lipinski definition) is 8. The monoisotopic (exact) mass is 997 g/mol. The molecule has 7 aromatic rings. The molecule has 20 heteroatoms. The summed E-state index contributed by atoms with van der Waals surface area (Å²) < 4.78 is 11.7. The second kappa shape index (κ2) is 22.6. The molecule has 6 atom stereocenters. The minimum atomic E-state index is -1.92. The number of benzene rings is 5. The third-order valence-electron chi connectivity index (χ3n) is 13.1. The van der Waals surface area contributed by atoms with Crippen LogP contribution in [0.15, 0.2) is 91.0 Å². The van der Waals surface area contributed by atoms with Gasteiger partial charge in [0, 0.05) is 44.6 Å². The number of aromatic nitrogens is 4. The highest BCUT2D eigenvalue weighted by molar-refractivity contribution is 6.07. The van der Waals surface area contributed by atoms with Gasteiger partial charge in [0.2, 0.25) is 12.2 Å². The molecule has 1 unspecified atom stereocenters. The van der Waals surface area contributed by atoms with Crippen LogP contribution in [-0.2, 0) is 20.9 Å². The Morgan fingerprint density at radius 1 is 0.712 bits per heavy atom. The van der Waals surface area contributed by atoms with Gasteiger partial charge in [-0.15, -0.1) is 0 Å². The van der Waals surface area contributed by atoms with Crippen molar-refractivity contribution in [2.75, 3.05) is 65.2 Å². The van der Waals surface area contributed by atoms with Gasteiger partial charge in [0.05, 0.1) is 76.6 Å². The zero-order valence-corrected chi connectivity index (χ0v) is 41.1. The molecule has 3 amide bonds. The number of carbonyl (C=O) groups is 4. The van der Waals surface area contributed by atoms with Crippen LogP contribution in [0.4, 0.5) is 5.69 Å². The van der Waals surface area contributed by atoms with Crippen molar-refractivity contribution in [2.24, 2.45) is 5.73 Å². The third kappa shape index (κ3) is 12.0. The standard InChI is InChI=1S/C53H60N10O10/c1-30-10-5-14-35-42(30)60-44-33(12-7-16-37(44)57-35)50(68)55-22-25-62(3)24-9-26-63(4,27-23-56-51(69)34-13-8-17-38-45(34)61-43-31(2)11-6-15-36(43)58-38)29-32-18-19-40(39(28-32)59-41(64)20-21-54)72-53-48(67)46(65)47(66)49(73-53)52(70)71/h5-8,10-19,28,46-49,53,65-67H,9,20-27,29,54H2,1-4H3,(H3-,55,56,59,64,68,69,70,71)/p+1/t46-,47-,48+,49-,53+,63?/m0/s1. The van der Waals surface area contributed by atoms with E-state index in [1.807, 2.05) is 69.4 Å². The summed E-state index contributed by atoms with van der Waals surface area (Å²) in [6, 6.07) is 27.3. The first-order valence-corrected chi connectivity index (χ1v) is 24.1. The molecule has 0 radical (unpaired) electrons. The number of carbonyl (C=O) groups excluding carboxylic acids is 3. The predicted octanol–water partition coefficient (Wildman–Crippen LogP) is 3.18. The van der Waals surface area contributed by atoms with Crippen molar-refractivity contribution >= 4 is 73.5 Å². The number of nitrogens with zero attached hydrogens (tertiary/aromatic N) is 6. The number of anilines is 1. The number of hydrogen-bond acceptors (Lipinski definition) is 15. The molecule has 8 rings (SSSR count). The van der Waals surface area contributed by atoms with Crippen LogP contribution in [-0.4, -0.2) is 164 Å². The summed E-state index contributed by atoms with van der Waals surface area (Å²) in [5, 5.41) is 50.0. The summed E-state index contributed by atoms with van der Waals surface area (Å²) >= 11 is 0. The average Bonchev–Trinajstić information content (AvgIpc) is 3.36. The molecule has 382 valence electrons. The highest BCUT2D eigenvalue weighted by Gasteiger charge is 2.48. The lowest BCUT2D eigenvalue weighted by Gasteiger charge is -2.38. The van der Waals surface area contributed by atoms with Crippen LogP contribution in [0.25, 0.3) is 44.1 Å². The van der Waals surface area contributed by atoms with E-state index < -0.39 is 42.6 Å². The number of para-hydroxylation sites is 4. The Labute approximate surface area is 420 Å². The lowest BCUT2D eigenvalue weighted by Crippen LogP contribution is -2.61. The Morgan fingerprint density at radius 2 is 1.27 bits per heavy atom. The van der Waals surface area contributed by atoms with Crippen molar-refractivity contribution in [3.63, 3.8) is 0 Å². The average molecular weight is 998 g/mol. The summed E-state index contributed by atoms with van der Waals surface area (Å²) in [7, 11) is 4.04. The van der Waals surface area contributed by atoms with Gasteiger partial charge in [0.25, 0.3) is 11.8 Å². The van der Waals surface area contributed by atoms with Gasteiger partial charge in [0.15, 0.2) is 6.10 Å². The third-order valence-corrected chi connectivity index (χ3v) is 13.1. The molecule has 0 saturated carbocycles. The van der Waals surface area contributed by atoms with Crippen molar-refractivity contribution < 1.29 is 53.6 Å². The van der Waals surface area contributed by atoms with Crippen LogP contribution in [0.5, 0.6) is 5.75 Å². The molecule has 0 spiro atoms. The maximum absolute atomic E-state index is 13.9. The number of aliphatic carboxylic acids is 1. The molecule has 0 aliphatic carbocycles. The van der Waals surface area contributed by atoms with Gasteiger partial charge in [-0.3, -0.25) is 14.4 Å². The Morgan fingerprint density at radius 3 is 1.85 bits per heavy atom. The molecule has 1 saturated heterocycles. The summed E-state index contributed by atoms with van der Waals surface area (Å²) in [6.07, 6.45) is -8.61. The Bertz CT molecular complexity index is 3200. The minimum absolute atomic E-state index is 0.000728. The summed E-state index contributed by atoms with van der Waals surface area (Å²) in [6.45, 7) is 7.35. The molecule has 9 N–H and O–H groups in total. The van der Waals surface area contributed by atoms with Gasteiger partial charge in [-0.05, 0) is 86.6 Å². The molecule has 1 fully saturated rings. The fourth-order valence-electron chi connectivity index (χ4n) is 9.12. The number of amides is 3. The molecule has 2 aromatic heterocycles. The van der Waals surface area contributed by atoms with Crippen molar-refractivity contribution in [2.45, 2.75) is 63.9 Å². The fraction of sp³-hybridized carbons (Fsp3) is 0.358. The number of aliphatic hydroxyl groups is 3. The number of likely N-dealkylation sites (N-methyl/N-ethyl adjacent to an activating group) is 2. The van der Waals surface area contributed by atoms with Crippen LogP contribution >= 0.6 is 0 Å². The Kier molecular flexibility index (Phi) is 16.1. The van der Waals surface area contributed by atoms with Crippen molar-refractivity contribution in [3.8, 4) is 5.75 Å².